The van der Waals surface area contributed by atoms with E-state index in [1.807, 2.05) is 6.92 Å². The van der Waals surface area contributed by atoms with Gasteiger partial charge in [0.2, 0.25) is 5.28 Å². The van der Waals surface area contributed by atoms with E-state index in [1.165, 1.54) is 6.26 Å². The minimum Gasteiger partial charge on any atom is -0.377 e. The molecule has 1 aromatic heterocycles. The van der Waals surface area contributed by atoms with Crippen molar-refractivity contribution in [2.24, 2.45) is 0 Å². The number of morpholine rings is 1. The van der Waals surface area contributed by atoms with Crippen LogP contribution in [0.25, 0.3) is 11.3 Å². The van der Waals surface area contributed by atoms with E-state index in [0.29, 0.717) is 36.8 Å². The molecule has 8 heteroatoms. The van der Waals surface area contributed by atoms with Gasteiger partial charge in [-0.1, -0.05) is 18.2 Å². The first kappa shape index (κ1) is 17.1. The number of nitrogens with zero attached hydrogens (tertiary/aromatic N) is 3. The predicted molar refractivity (Wildman–Crippen MR) is 93.2 cm³/mol. The Morgan fingerprint density at radius 3 is 2.75 bits per heavy atom. The highest BCUT2D eigenvalue weighted by Gasteiger charge is 2.23. The lowest BCUT2D eigenvalue weighted by Crippen LogP contribution is -2.44. The molecule has 24 heavy (non-hydrogen) atoms. The second kappa shape index (κ2) is 6.66. The Kier molecular flexibility index (Phi) is 4.76. The Morgan fingerprint density at radius 1 is 1.29 bits per heavy atom. The van der Waals surface area contributed by atoms with Gasteiger partial charge in [-0.05, 0) is 24.6 Å². The van der Waals surface area contributed by atoms with Crippen molar-refractivity contribution in [2.45, 2.75) is 17.9 Å². The van der Waals surface area contributed by atoms with Crippen LogP contribution in [0.5, 0.6) is 0 Å². The number of halogens is 1. The summed E-state index contributed by atoms with van der Waals surface area (Å²) in [5.74, 6) is 0.670. The van der Waals surface area contributed by atoms with Gasteiger partial charge in [0, 0.05) is 24.4 Å². The summed E-state index contributed by atoms with van der Waals surface area (Å²) in [4.78, 5) is 10.8. The van der Waals surface area contributed by atoms with Crippen LogP contribution in [-0.2, 0) is 14.6 Å². The van der Waals surface area contributed by atoms with E-state index in [1.54, 1.807) is 30.3 Å². The van der Waals surface area contributed by atoms with Gasteiger partial charge in [0.05, 0.1) is 29.8 Å². The molecule has 0 spiro atoms. The lowest BCUT2D eigenvalue weighted by atomic mass is 10.1. The first-order chi connectivity index (χ1) is 11.4. The zero-order chi connectivity index (χ0) is 17.3. The normalized spacial score (nSPS) is 18.6. The third-order valence-electron chi connectivity index (χ3n) is 3.91. The summed E-state index contributed by atoms with van der Waals surface area (Å²) in [5, 5.41) is 0.0875. The number of benzene rings is 1. The van der Waals surface area contributed by atoms with Crippen LogP contribution in [0.1, 0.15) is 6.92 Å². The average molecular weight is 368 g/mol. The number of hydrogen-bond donors (Lipinski definition) is 0. The van der Waals surface area contributed by atoms with Crippen LogP contribution >= 0.6 is 11.6 Å². The summed E-state index contributed by atoms with van der Waals surface area (Å²) >= 11 is 6.10. The van der Waals surface area contributed by atoms with Crippen LogP contribution in [0.3, 0.4) is 0 Å². The molecule has 1 saturated heterocycles. The molecule has 0 amide bonds. The molecule has 1 fully saturated rings. The molecule has 1 aliphatic rings. The molecule has 0 N–H and O–H groups in total. The van der Waals surface area contributed by atoms with Gasteiger partial charge in [0.25, 0.3) is 0 Å². The van der Waals surface area contributed by atoms with E-state index in [4.69, 9.17) is 16.3 Å². The van der Waals surface area contributed by atoms with Gasteiger partial charge in [-0.3, -0.25) is 0 Å². The fourth-order valence-corrected chi connectivity index (χ4v) is 3.84. The third kappa shape index (κ3) is 3.53. The zero-order valence-electron chi connectivity index (χ0n) is 13.4. The second-order valence-electron chi connectivity index (χ2n) is 5.77. The summed E-state index contributed by atoms with van der Waals surface area (Å²) in [5.41, 5.74) is 1.01. The highest BCUT2D eigenvalue weighted by molar-refractivity contribution is 7.90. The number of rotatable bonds is 3. The molecule has 128 valence electrons. The standard InChI is InChI=1S/C16H18ClN3O3S/c1-11-10-23-8-7-20(11)15-9-13(18-16(17)19-15)12-5-3-4-6-14(12)24(2,21)22/h3-6,9,11H,7-8,10H2,1-2H3. The maximum Gasteiger partial charge on any atom is 0.224 e. The van der Waals surface area contributed by atoms with Crippen LogP contribution in [-0.4, -0.2) is 50.4 Å². The van der Waals surface area contributed by atoms with Crippen molar-refractivity contribution in [3.05, 3.63) is 35.6 Å². The second-order valence-corrected chi connectivity index (χ2v) is 8.09. The third-order valence-corrected chi connectivity index (χ3v) is 5.23. The molecule has 0 aliphatic carbocycles. The molecular formula is C16H18ClN3O3S. The average Bonchev–Trinajstić information content (AvgIpc) is 2.54. The molecule has 6 nitrogen and oxygen atoms in total. The Hall–Kier alpha value is -1.70. The maximum atomic E-state index is 12.0. The number of sulfone groups is 1. The largest absolute Gasteiger partial charge is 0.377 e. The van der Waals surface area contributed by atoms with Gasteiger partial charge in [-0.15, -0.1) is 0 Å². The van der Waals surface area contributed by atoms with Crippen LogP contribution in [0.15, 0.2) is 35.2 Å². The van der Waals surface area contributed by atoms with E-state index in [0.717, 1.165) is 0 Å². The molecule has 1 atom stereocenters. The summed E-state index contributed by atoms with van der Waals surface area (Å²) in [7, 11) is -3.38. The molecule has 0 radical (unpaired) electrons. The molecule has 0 bridgehead atoms. The lowest BCUT2D eigenvalue weighted by molar-refractivity contribution is 0.0985. The van der Waals surface area contributed by atoms with Gasteiger partial charge < -0.3 is 9.64 Å². The Balaban J connectivity index is 2.11. The van der Waals surface area contributed by atoms with Crippen molar-refractivity contribution < 1.29 is 13.2 Å². The minimum atomic E-state index is -3.38. The quantitative estimate of drug-likeness (QED) is 0.776. The highest BCUT2D eigenvalue weighted by Crippen LogP contribution is 2.30. The Bertz CT molecular complexity index is 857. The van der Waals surface area contributed by atoms with Crippen molar-refractivity contribution >= 4 is 27.3 Å². The summed E-state index contributed by atoms with van der Waals surface area (Å²) in [6.07, 6.45) is 1.18. The van der Waals surface area contributed by atoms with Crippen molar-refractivity contribution in [3.63, 3.8) is 0 Å². The first-order valence-corrected chi connectivity index (χ1v) is 9.81. The van der Waals surface area contributed by atoms with E-state index in [9.17, 15) is 8.42 Å². The Labute approximate surface area is 146 Å². The smallest absolute Gasteiger partial charge is 0.224 e. The van der Waals surface area contributed by atoms with Crippen molar-refractivity contribution in [1.29, 1.82) is 0 Å². The molecule has 2 heterocycles. The monoisotopic (exact) mass is 367 g/mol. The minimum absolute atomic E-state index is 0.0875. The number of aromatic nitrogens is 2. The molecule has 3 rings (SSSR count). The van der Waals surface area contributed by atoms with Gasteiger partial charge in [0.15, 0.2) is 9.84 Å². The number of ether oxygens (including phenoxy) is 1. The van der Waals surface area contributed by atoms with Gasteiger partial charge in [-0.2, -0.15) is 0 Å². The van der Waals surface area contributed by atoms with E-state index < -0.39 is 9.84 Å². The van der Waals surface area contributed by atoms with Gasteiger partial charge in [0.1, 0.15) is 5.82 Å². The number of hydrogen-bond acceptors (Lipinski definition) is 6. The summed E-state index contributed by atoms with van der Waals surface area (Å²) in [6, 6.07) is 8.68. The maximum absolute atomic E-state index is 12.0. The SMILES string of the molecule is CC1COCCN1c1cc(-c2ccccc2S(C)(=O)=O)nc(Cl)n1. The van der Waals surface area contributed by atoms with Crippen LogP contribution in [0.2, 0.25) is 5.28 Å². The molecular weight excluding hydrogens is 350 g/mol. The Morgan fingerprint density at radius 2 is 2.04 bits per heavy atom. The van der Waals surface area contributed by atoms with Gasteiger partial charge in [-0.25, -0.2) is 18.4 Å². The lowest BCUT2D eigenvalue weighted by Gasteiger charge is -2.34. The van der Waals surface area contributed by atoms with Crippen molar-refractivity contribution in [2.75, 3.05) is 30.9 Å². The van der Waals surface area contributed by atoms with Crippen LogP contribution < -0.4 is 4.90 Å². The molecule has 1 aliphatic heterocycles. The van der Waals surface area contributed by atoms with Crippen LogP contribution in [0.4, 0.5) is 5.82 Å². The summed E-state index contributed by atoms with van der Waals surface area (Å²) in [6.45, 7) is 3.96. The molecule has 1 unspecified atom stereocenters. The highest BCUT2D eigenvalue weighted by atomic mass is 35.5. The van der Waals surface area contributed by atoms with Crippen molar-refractivity contribution in [1.82, 2.24) is 9.97 Å². The van der Waals surface area contributed by atoms with Crippen LogP contribution in [0, 0.1) is 0 Å². The molecule has 0 saturated carbocycles. The van der Waals surface area contributed by atoms with E-state index >= 15 is 0 Å². The first-order valence-electron chi connectivity index (χ1n) is 7.54. The zero-order valence-corrected chi connectivity index (χ0v) is 15.0. The van der Waals surface area contributed by atoms with E-state index in [2.05, 4.69) is 14.9 Å². The number of anilines is 1. The fraction of sp³-hybridized carbons (Fsp3) is 0.375. The fourth-order valence-electron chi connectivity index (χ4n) is 2.76. The van der Waals surface area contributed by atoms with E-state index in [-0.39, 0.29) is 16.2 Å². The summed E-state index contributed by atoms with van der Waals surface area (Å²) < 4.78 is 29.5. The van der Waals surface area contributed by atoms with Gasteiger partial charge >= 0.3 is 0 Å². The predicted octanol–water partition coefficient (Wildman–Crippen LogP) is 2.43. The molecule has 2 aromatic rings. The van der Waals surface area contributed by atoms with Crippen molar-refractivity contribution in [3.8, 4) is 11.3 Å². The molecule has 1 aromatic carbocycles. The topological polar surface area (TPSA) is 72.4 Å².